The zero-order chi connectivity index (χ0) is 14.4. The average Bonchev–Trinajstić information content (AvgIpc) is 2.49. The molecule has 102 valence electrons. The van der Waals surface area contributed by atoms with Crippen LogP contribution in [-0.2, 0) is 0 Å². The lowest BCUT2D eigenvalue weighted by atomic mass is 9.80. The van der Waals surface area contributed by atoms with Crippen molar-refractivity contribution in [3.05, 3.63) is 65.7 Å². The molecule has 2 atom stereocenters. The van der Waals surface area contributed by atoms with E-state index in [1.165, 1.54) is 6.20 Å². The van der Waals surface area contributed by atoms with Crippen molar-refractivity contribution in [2.24, 2.45) is 0 Å². The normalized spacial score (nSPS) is 13.4. The van der Waals surface area contributed by atoms with Gasteiger partial charge < -0.3 is 5.11 Å². The van der Waals surface area contributed by atoms with Crippen molar-refractivity contribution in [1.29, 1.82) is 5.26 Å². The van der Waals surface area contributed by atoms with E-state index < -0.39 is 17.7 Å². The van der Waals surface area contributed by atoms with Gasteiger partial charge in [0.05, 0.1) is 18.2 Å². The highest BCUT2D eigenvalue weighted by Gasteiger charge is 2.26. The molecular formula is C16H15FN2O. The fourth-order valence-electron chi connectivity index (χ4n) is 2.38. The van der Waals surface area contributed by atoms with Gasteiger partial charge in [0.15, 0.2) is 0 Å². The Balaban J connectivity index is 2.42. The van der Waals surface area contributed by atoms with Crippen LogP contribution in [0.25, 0.3) is 0 Å². The lowest BCUT2D eigenvalue weighted by molar-refractivity contribution is 0.270. The van der Waals surface area contributed by atoms with E-state index in [0.29, 0.717) is 12.0 Å². The summed E-state index contributed by atoms with van der Waals surface area (Å²) < 4.78 is 13.9. The van der Waals surface area contributed by atoms with Gasteiger partial charge in [-0.2, -0.15) is 5.26 Å². The minimum absolute atomic E-state index is 0.0998. The molecule has 0 spiro atoms. The smallest absolute Gasteiger partial charge is 0.145 e. The van der Waals surface area contributed by atoms with Crippen LogP contribution in [-0.4, -0.2) is 16.7 Å². The summed E-state index contributed by atoms with van der Waals surface area (Å²) in [5.41, 5.74) is 1.24. The van der Waals surface area contributed by atoms with Crippen molar-refractivity contribution < 1.29 is 9.50 Å². The number of aliphatic hydroxyl groups is 1. The number of hydrogen-bond donors (Lipinski definition) is 1. The van der Waals surface area contributed by atoms with Crippen molar-refractivity contribution in [3.63, 3.8) is 0 Å². The molecule has 0 aliphatic rings. The van der Waals surface area contributed by atoms with Crippen LogP contribution < -0.4 is 0 Å². The van der Waals surface area contributed by atoms with Gasteiger partial charge in [-0.1, -0.05) is 30.3 Å². The van der Waals surface area contributed by atoms with E-state index in [-0.39, 0.29) is 6.61 Å². The van der Waals surface area contributed by atoms with Crippen LogP contribution >= 0.6 is 0 Å². The Hall–Kier alpha value is -2.25. The van der Waals surface area contributed by atoms with Crippen LogP contribution in [0.5, 0.6) is 0 Å². The number of aromatic nitrogens is 1. The Morgan fingerprint density at radius 3 is 2.60 bits per heavy atom. The van der Waals surface area contributed by atoms with Crippen molar-refractivity contribution >= 4 is 0 Å². The summed E-state index contributed by atoms with van der Waals surface area (Å²) in [6.07, 6.45) is 2.97. The molecule has 3 nitrogen and oxygen atoms in total. The SMILES string of the molecule is N#C[C@H](c1ccccc1)[C@H](CCO)c1ccncc1F. The Labute approximate surface area is 117 Å². The second kappa shape index (κ2) is 6.78. The van der Waals surface area contributed by atoms with Gasteiger partial charge in [-0.25, -0.2) is 4.39 Å². The molecule has 2 aromatic rings. The van der Waals surface area contributed by atoms with Crippen LogP contribution in [0.1, 0.15) is 29.4 Å². The van der Waals surface area contributed by atoms with Crippen LogP contribution in [0, 0.1) is 17.1 Å². The third-order valence-electron chi connectivity index (χ3n) is 3.34. The highest BCUT2D eigenvalue weighted by Crippen LogP contribution is 2.35. The number of pyridine rings is 1. The number of aliphatic hydroxyl groups excluding tert-OH is 1. The second-order valence-electron chi connectivity index (χ2n) is 4.53. The third-order valence-corrected chi connectivity index (χ3v) is 3.34. The van der Waals surface area contributed by atoms with Crippen molar-refractivity contribution in [2.75, 3.05) is 6.61 Å². The molecule has 0 amide bonds. The van der Waals surface area contributed by atoms with E-state index in [1.807, 2.05) is 30.3 Å². The Kier molecular flexibility index (Phi) is 4.80. The van der Waals surface area contributed by atoms with Crippen LogP contribution in [0.4, 0.5) is 4.39 Å². The highest BCUT2D eigenvalue weighted by molar-refractivity contribution is 5.32. The second-order valence-corrected chi connectivity index (χ2v) is 4.53. The molecule has 1 N–H and O–H groups in total. The van der Waals surface area contributed by atoms with Crippen LogP contribution in [0.2, 0.25) is 0 Å². The summed E-state index contributed by atoms with van der Waals surface area (Å²) in [6.45, 7) is -0.0998. The molecule has 4 heteroatoms. The predicted molar refractivity (Wildman–Crippen MR) is 73.4 cm³/mol. The number of halogens is 1. The number of hydrogen-bond acceptors (Lipinski definition) is 3. The fraction of sp³-hybridized carbons (Fsp3) is 0.250. The molecule has 0 aliphatic heterocycles. The molecule has 0 saturated carbocycles. The van der Waals surface area contributed by atoms with Gasteiger partial charge in [0.1, 0.15) is 5.82 Å². The topological polar surface area (TPSA) is 56.9 Å². The minimum Gasteiger partial charge on any atom is -0.396 e. The molecule has 1 aromatic carbocycles. The van der Waals surface area contributed by atoms with Gasteiger partial charge in [-0.3, -0.25) is 4.98 Å². The molecule has 2 rings (SSSR count). The number of benzene rings is 1. The summed E-state index contributed by atoms with van der Waals surface area (Å²) in [5.74, 6) is -1.34. The van der Waals surface area contributed by atoms with E-state index in [2.05, 4.69) is 11.1 Å². The fourth-order valence-corrected chi connectivity index (χ4v) is 2.38. The first-order valence-corrected chi connectivity index (χ1v) is 6.42. The Bertz CT molecular complexity index is 595. The first kappa shape index (κ1) is 14.2. The summed E-state index contributed by atoms with van der Waals surface area (Å²) in [6, 6.07) is 13.1. The first-order chi connectivity index (χ1) is 9.77. The van der Waals surface area contributed by atoms with E-state index in [1.54, 1.807) is 6.07 Å². The summed E-state index contributed by atoms with van der Waals surface area (Å²) >= 11 is 0. The van der Waals surface area contributed by atoms with Gasteiger partial charge in [-0.15, -0.1) is 0 Å². The maximum Gasteiger partial charge on any atom is 0.145 e. The highest BCUT2D eigenvalue weighted by atomic mass is 19.1. The molecule has 0 aliphatic carbocycles. The van der Waals surface area contributed by atoms with Crippen LogP contribution in [0.3, 0.4) is 0 Å². The van der Waals surface area contributed by atoms with Gasteiger partial charge in [0.25, 0.3) is 0 Å². The number of rotatable bonds is 5. The summed E-state index contributed by atoms with van der Waals surface area (Å²) in [5, 5.41) is 18.7. The third kappa shape index (κ3) is 3.01. The van der Waals surface area contributed by atoms with Gasteiger partial charge >= 0.3 is 0 Å². The largest absolute Gasteiger partial charge is 0.396 e. The van der Waals surface area contributed by atoms with Crippen molar-refractivity contribution in [3.8, 4) is 6.07 Å². The molecule has 1 heterocycles. The quantitative estimate of drug-likeness (QED) is 0.908. The van der Waals surface area contributed by atoms with Crippen molar-refractivity contribution in [2.45, 2.75) is 18.3 Å². The monoisotopic (exact) mass is 270 g/mol. The molecule has 0 radical (unpaired) electrons. The zero-order valence-electron chi connectivity index (χ0n) is 10.9. The van der Waals surface area contributed by atoms with Gasteiger partial charge in [-0.05, 0) is 23.6 Å². The van der Waals surface area contributed by atoms with E-state index in [9.17, 15) is 14.8 Å². The zero-order valence-corrected chi connectivity index (χ0v) is 10.9. The summed E-state index contributed by atoms with van der Waals surface area (Å²) in [4.78, 5) is 3.72. The van der Waals surface area contributed by atoms with Crippen LogP contribution in [0.15, 0.2) is 48.8 Å². The summed E-state index contributed by atoms with van der Waals surface area (Å²) in [7, 11) is 0. The molecule has 0 unspecified atom stereocenters. The van der Waals surface area contributed by atoms with E-state index in [4.69, 9.17) is 0 Å². The molecule has 0 saturated heterocycles. The molecule has 20 heavy (non-hydrogen) atoms. The average molecular weight is 270 g/mol. The maximum atomic E-state index is 13.9. The van der Waals surface area contributed by atoms with E-state index >= 15 is 0 Å². The van der Waals surface area contributed by atoms with E-state index in [0.717, 1.165) is 11.8 Å². The number of nitrogens with zero attached hydrogens (tertiary/aromatic N) is 2. The number of nitriles is 1. The molecule has 0 bridgehead atoms. The van der Waals surface area contributed by atoms with Gasteiger partial charge in [0, 0.05) is 18.7 Å². The lowest BCUT2D eigenvalue weighted by Crippen LogP contribution is -2.13. The maximum absolute atomic E-state index is 13.9. The molecular weight excluding hydrogens is 255 g/mol. The Morgan fingerprint density at radius 1 is 1.25 bits per heavy atom. The van der Waals surface area contributed by atoms with Gasteiger partial charge in [0.2, 0.25) is 0 Å². The van der Waals surface area contributed by atoms with Crippen molar-refractivity contribution in [1.82, 2.24) is 4.98 Å². The Morgan fingerprint density at radius 2 is 2.00 bits per heavy atom. The predicted octanol–water partition coefficient (Wildman–Crippen LogP) is 2.99. The standard InChI is InChI=1S/C16H15FN2O/c17-16-11-19-8-6-14(16)13(7-9-20)15(10-18)12-4-2-1-3-5-12/h1-6,8,11,13,15,20H,7,9H2/t13-,15-/m1/s1. The minimum atomic E-state index is -0.500. The molecule has 1 aromatic heterocycles. The lowest BCUT2D eigenvalue weighted by Gasteiger charge is -2.22. The molecule has 0 fully saturated rings. The first-order valence-electron chi connectivity index (χ1n) is 6.42.